The molecule has 1 N–H and O–H groups in total. The fraction of sp³-hybridized carbons (Fsp3) is 0.353. The average Bonchev–Trinajstić information content (AvgIpc) is 3.02. The highest BCUT2D eigenvalue weighted by Gasteiger charge is 2.17. The van der Waals surface area contributed by atoms with Gasteiger partial charge in [0.25, 0.3) is 5.56 Å². The number of aromatic nitrogens is 2. The average molecular weight is 376 g/mol. The maximum absolute atomic E-state index is 12.1. The number of benzene rings is 1. The first-order valence-corrected chi connectivity index (χ1v) is 8.54. The molecule has 1 aliphatic rings. The number of hydrogen-bond donors (Lipinski definition) is 1. The van der Waals surface area contributed by atoms with Gasteiger partial charge in [0, 0.05) is 22.1 Å². The Bertz CT molecular complexity index is 766. The number of nitrogens with one attached hydrogen (secondary N) is 1. The predicted molar refractivity (Wildman–Crippen MR) is 92.0 cm³/mol. The van der Waals surface area contributed by atoms with Gasteiger partial charge in [-0.3, -0.25) is 9.59 Å². The van der Waals surface area contributed by atoms with Gasteiger partial charge in [0.2, 0.25) is 5.91 Å². The van der Waals surface area contributed by atoms with Crippen LogP contribution >= 0.6 is 15.9 Å². The molecule has 1 aromatic heterocycles. The Balaban J connectivity index is 1.77. The minimum absolute atomic E-state index is 0.0445. The first kappa shape index (κ1) is 15.9. The molecule has 3 rings (SSSR count). The van der Waals surface area contributed by atoms with Crippen molar-refractivity contribution in [3.8, 4) is 11.3 Å². The molecule has 0 spiro atoms. The molecule has 1 heterocycles. The molecule has 1 amide bonds. The van der Waals surface area contributed by atoms with Gasteiger partial charge in [-0.1, -0.05) is 40.9 Å². The van der Waals surface area contributed by atoms with Crippen molar-refractivity contribution >= 4 is 21.8 Å². The van der Waals surface area contributed by atoms with Crippen molar-refractivity contribution in [3.63, 3.8) is 0 Å². The Morgan fingerprint density at radius 1 is 1.26 bits per heavy atom. The van der Waals surface area contributed by atoms with E-state index in [2.05, 4.69) is 26.3 Å². The maximum atomic E-state index is 12.1. The lowest BCUT2D eigenvalue weighted by molar-refractivity contribution is -0.122. The predicted octanol–water partition coefficient (Wildman–Crippen LogP) is 2.73. The van der Waals surface area contributed by atoms with Crippen LogP contribution in [0.3, 0.4) is 0 Å². The van der Waals surface area contributed by atoms with Gasteiger partial charge in [-0.2, -0.15) is 5.10 Å². The minimum Gasteiger partial charge on any atom is -0.352 e. The number of carbonyl (C=O) groups is 1. The molecule has 0 saturated heterocycles. The topological polar surface area (TPSA) is 64.0 Å². The van der Waals surface area contributed by atoms with E-state index in [1.165, 1.54) is 10.7 Å². The van der Waals surface area contributed by atoms with Gasteiger partial charge in [-0.15, -0.1) is 0 Å². The summed E-state index contributed by atoms with van der Waals surface area (Å²) in [5.41, 5.74) is 1.29. The summed E-state index contributed by atoms with van der Waals surface area (Å²) in [6.45, 7) is -0.0445. The summed E-state index contributed by atoms with van der Waals surface area (Å²) in [6, 6.07) is 11.0. The lowest BCUT2D eigenvalue weighted by Crippen LogP contribution is -2.38. The third-order valence-corrected chi connectivity index (χ3v) is 4.49. The van der Waals surface area contributed by atoms with E-state index in [-0.39, 0.29) is 24.1 Å². The van der Waals surface area contributed by atoms with Crippen molar-refractivity contribution in [1.29, 1.82) is 0 Å². The Kier molecular flexibility index (Phi) is 4.91. The molecule has 1 aliphatic carbocycles. The van der Waals surface area contributed by atoms with Crippen LogP contribution in [0.1, 0.15) is 25.7 Å². The number of halogens is 1. The molecule has 0 atom stereocenters. The molecular formula is C17H18BrN3O2. The lowest BCUT2D eigenvalue weighted by Gasteiger charge is -2.12. The molecule has 1 fully saturated rings. The van der Waals surface area contributed by atoms with Crippen molar-refractivity contribution in [2.75, 3.05) is 0 Å². The van der Waals surface area contributed by atoms with E-state index in [4.69, 9.17) is 0 Å². The second kappa shape index (κ2) is 7.08. The summed E-state index contributed by atoms with van der Waals surface area (Å²) in [6.07, 6.45) is 4.35. The molecular weight excluding hydrogens is 358 g/mol. The van der Waals surface area contributed by atoms with E-state index >= 15 is 0 Å². The van der Waals surface area contributed by atoms with Gasteiger partial charge in [0.1, 0.15) is 6.54 Å². The highest BCUT2D eigenvalue weighted by Crippen LogP contribution is 2.20. The van der Waals surface area contributed by atoms with E-state index in [1.807, 2.05) is 24.3 Å². The minimum atomic E-state index is -0.273. The highest BCUT2D eigenvalue weighted by molar-refractivity contribution is 9.10. The van der Waals surface area contributed by atoms with E-state index < -0.39 is 0 Å². The van der Waals surface area contributed by atoms with Gasteiger partial charge in [-0.05, 0) is 31.0 Å². The smallest absolute Gasteiger partial charge is 0.267 e. The maximum Gasteiger partial charge on any atom is 0.267 e. The SMILES string of the molecule is O=C(Cn1nc(-c2cccc(Br)c2)ccc1=O)NC1CCCC1. The van der Waals surface area contributed by atoms with Crippen molar-refractivity contribution in [2.45, 2.75) is 38.3 Å². The fourth-order valence-corrected chi connectivity index (χ4v) is 3.24. The van der Waals surface area contributed by atoms with Crippen LogP contribution in [0.4, 0.5) is 0 Å². The fourth-order valence-electron chi connectivity index (χ4n) is 2.84. The largest absolute Gasteiger partial charge is 0.352 e. The van der Waals surface area contributed by atoms with E-state index in [9.17, 15) is 9.59 Å². The lowest BCUT2D eigenvalue weighted by atomic mass is 10.1. The van der Waals surface area contributed by atoms with Crippen LogP contribution in [0, 0.1) is 0 Å². The summed E-state index contributed by atoms with van der Waals surface area (Å²) in [7, 11) is 0. The third-order valence-electron chi connectivity index (χ3n) is 4.00. The molecule has 0 unspecified atom stereocenters. The first-order valence-electron chi connectivity index (χ1n) is 7.75. The van der Waals surface area contributed by atoms with Crippen molar-refractivity contribution in [1.82, 2.24) is 15.1 Å². The van der Waals surface area contributed by atoms with Gasteiger partial charge in [0.15, 0.2) is 0 Å². The van der Waals surface area contributed by atoms with Crippen LogP contribution < -0.4 is 10.9 Å². The van der Waals surface area contributed by atoms with Crippen LogP contribution in [0.25, 0.3) is 11.3 Å². The number of carbonyl (C=O) groups excluding carboxylic acids is 1. The first-order chi connectivity index (χ1) is 11.1. The standard InChI is InChI=1S/C17H18BrN3O2/c18-13-5-3-4-12(10-13)15-8-9-17(23)21(20-15)11-16(22)19-14-6-1-2-7-14/h3-5,8-10,14H,1-2,6-7,11H2,(H,19,22). The van der Waals surface area contributed by atoms with Crippen LogP contribution in [-0.2, 0) is 11.3 Å². The molecule has 1 aromatic carbocycles. The summed E-state index contributed by atoms with van der Waals surface area (Å²) in [4.78, 5) is 24.1. The van der Waals surface area contributed by atoms with E-state index in [0.29, 0.717) is 5.69 Å². The summed E-state index contributed by atoms with van der Waals surface area (Å²) >= 11 is 3.42. The quantitative estimate of drug-likeness (QED) is 0.893. The number of rotatable bonds is 4. The van der Waals surface area contributed by atoms with E-state index in [0.717, 1.165) is 35.7 Å². The van der Waals surface area contributed by atoms with Crippen LogP contribution in [-0.4, -0.2) is 21.7 Å². The zero-order chi connectivity index (χ0) is 16.2. The normalized spacial score (nSPS) is 14.8. The summed E-state index contributed by atoms with van der Waals surface area (Å²) in [5, 5.41) is 7.30. The Morgan fingerprint density at radius 2 is 2.04 bits per heavy atom. The molecule has 0 bridgehead atoms. The number of amides is 1. The van der Waals surface area contributed by atoms with Gasteiger partial charge >= 0.3 is 0 Å². The molecule has 0 radical (unpaired) electrons. The molecule has 2 aromatic rings. The highest BCUT2D eigenvalue weighted by atomic mass is 79.9. The molecule has 1 saturated carbocycles. The van der Waals surface area contributed by atoms with Crippen LogP contribution in [0.15, 0.2) is 45.7 Å². The second-order valence-corrected chi connectivity index (χ2v) is 6.69. The third kappa shape index (κ3) is 4.07. The van der Waals surface area contributed by atoms with Gasteiger partial charge in [-0.25, -0.2) is 4.68 Å². The summed E-state index contributed by atoms with van der Waals surface area (Å²) in [5.74, 6) is -0.155. The molecule has 23 heavy (non-hydrogen) atoms. The zero-order valence-electron chi connectivity index (χ0n) is 12.7. The van der Waals surface area contributed by atoms with Crippen molar-refractivity contribution in [3.05, 3.63) is 51.2 Å². The molecule has 0 aliphatic heterocycles. The number of hydrogen-bond acceptors (Lipinski definition) is 3. The van der Waals surface area contributed by atoms with Crippen molar-refractivity contribution < 1.29 is 4.79 Å². The molecule has 6 heteroatoms. The van der Waals surface area contributed by atoms with Gasteiger partial charge in [0.05, 0.1) is 5.69 Å². The monoisotopic (exact) mass is 375 g/mol. The van der Waals surface area contributed by atoms with Crippen LogP contribution in [0.2, 0.25) is 0 Å². The Labute approximate surface area is 142 Å². The Hall–Kier alpha value is -1.95. The molecule has 120 valence electrons. The van der Waals surface area contributed by atoms with E-state index in [1.54, 1.807) is 6.07 Å². The summed E-state index contributed by atoms with van der Waals surface area (Å²) < 4.78 is 2.16. The second-order valence-electron chi connectivity index (χ2n) is 5.77. The zero-order valence-corrected chi connectivity index (χ0v) is 14.3. The Morgan fingerprint density at radius 3 is 2.78 bits per heavy atom. The van der Waals surface area contributed by atoms with Crippen molar-refractivity contribution in [2.24, 2.45) is 0 Å². The van der Waals surface area contributed by atoms with Crippen LogP contribution in [0.5, 0.6) is 0 Å². The number of nitrogens with zero attached hydrogens (tertiary/aromatic N) is 2. The molecule has 5 nitrogen and oxygen atoms in total. The van der Waals surface area contributed by atoms with Gasteiger partial charge < -0.3 is 5.32 Å².